The lowest BCUT2D eigenvalue weighted by atomic mass is 10.1. The molecule has 130 valence electrons. The van der Waals surface area contributed by atoms with Gasteiger partial charge in [0.25, 0.3) is 0 Å². The molecule has 0 aliphatic rings. The normalized spacial score (nSPS) is 11.2. The first-order valence-corrected chi connectivity index (χ1v) is 8.21. The number of anilines is 1. The number of benzene rings is 2. The highest BCUT2D eigenvalue weighted by Crippen LogP contribution is 2.26. The van der Waals surface area contributed by atoms with E-state index in [9.17, 15) is 9.59 Å². The summed E-state index contributed by atoms with van der Waals surface area (Å²) in [5, 5.41) is 3.57. The molecule has 0 saturated heterocycles. The van der Waals surface area contributed by atoms with Gasteiger partial charge in [-0.3, -0.25) is 4.79 Å². The van der Waals surface area contributed by atoms with Crippen LogP contribution in [0.25, 0.3) is 5.57 Å². The van der Waals surface area contributed by atoms with E-state index in [-0.39, 0.29) is 5.91 Å². The van der Waals surface area contributed by atoms with Gasteiger partial charge >= 0.3 is 5.97 Å². The molecule has 4 nitrogen and oxygen atoms in total. The number of amides is 1. The Hall–Kier alpha value is -2.30. The maximum atomic E-state index is 12.3. The van der Waals surface area contributed by atoms with E-state index in [2.05, 4.69) is 5.32 Å². The van der Waals surface area contributed by atoms with E-state index in [0.717, 1.165) is 11.1 Å². The molecule has 0 radical (unpaired) electrons. The van der Waals surface area contributed by atoms with Crippen LogP contribution in [0, 0.1) is 6.92 Å². The second-order valence-corrected chi connectivity index (χ2v) is 6.30. The van der Waals surface area contributed by atoms with E-state index in [0.29, 0.717) is 26.9 Å². The van der Waals surface area contributed by atoms with Gasteiger partial charge < -0.3 is 10.1 Å². The number of carbonyl (C=O) groups is 2. The fourth-order valence-corrected chi connectivity index (χ4v) is 2.53. The summed E-state index contributed by atoms with van der Waals surface area (Å²) in [4.78, 5) is 24.2. The zero-order valence-electron chi connectivity index (χ0n) is 14.0. The number of hydrogen-bond acceptors (Lipinski definition) is 3. The van der Waals surface area contributed by atoms with Gasteiger partial charge in [-0.15, -0.1) is 0 Å². The number of rotatable bonds is 4. The first-order valence-electron chi connectivity index (χ1n) is 7.45. The van der Waals surface area contributed by atoms with Gasteiger partial charge in [0, 0.05) is 6.08 Å². The van der Waals surface area contributed by atoms with Crippen LogP contribution < -0.4 is 5.32 Å². The Kier molecular flexibility index (Phi) is 6.23. The van der Waals surface area contributed by atoms with Crippen molar-refractivity contribution < 1.29 is 14.3 Å². The monoisotopic (exact) mass is 377 g/mol. The summed E-state index contributed by atoms with van der Waals surface area (Å²) in [6.45, 7) is 3.64. The Labute approximate surface area is 156 Å². The number of allylic oxidation sites excluding steroid dienone is 1. The predicted octanol–water partition coefficient (Wildman–Crippen LogP) is 5.13. The zero-order chi connectivity index (χ0) is 18.6. The summed E-state index contributed by atoms with van der Waals surface area (Å²) < 4.78 is 4.76. The molecule has 0 aliphatic carbocycles. The van der Waals surface area contributed by atoms with Crippen molar-refractivity contribution in [3.8, 4) is 0 Å². The van der Waals surface area contributed by atoms with Crippen LogP contribution in [-0.4, -0.2) is 19.0 Å². The van der Waals surface area contributed by atoms with Crippen molar-refractivity contribution in [3.05, 3.63) is 69.2 Å². The highest BCUT2D eigenvalue weighted by atomic mass is 35.5. The quantitative estimate of drug-likeness (QED) is 0.593. The van der Waals surface area contributed by atoms with Crippen LogP contribution in [0.1, 0.15) is 28.4 Å². The highest BCUT2D eigenvalue weighted by Gasteiger charge is 2.14. The van der Waals surface area contributed by atoms with Crippen molar-refractivity contribution in [1.82, 2.24) is 0 Å². The molecule has 0 aromatic heterocycles. The SMILES string of the molecule is COC(=O)c1cc(C)ccc1NC(=O)/C=C(/C)c1ccc(Cl)c(Cl)c1. The molecule has 1 amide bonds. The minimum absolute atomic E-state index is 0.302. The van der Waals surface area contributed by atoms with E-state index in [1.54, 1.807) is 43.3 Å². The van der Waals surface area contributed by atoms with E-state index >= 15 is 0 Å². The average molecular weight is 378 g/mol. The highest BCUT2D eigenvalue weighted by molar-refractivity contribution is 6.42. The third-order valence-electron chi connectivity index (χ3n) is 3.56. The summed E-state index contributed by atoms with van der Waals surface area (Å²) in [5.41, 5.74) is 3.07. The Morgan fingerprint density at radius 2 is 1.80 bits per heavy atom. The van der Waals surface area contributed by atoms with Gasteiger partial charge in [0.05, 0.1) is 28.4 Å². The predicted molar refractivity (Wildman–Crippen MR) is 101 cm³/mol. The summed E-state index contributed by atoms with van der Waals surface area (Å²) in [6, 6.07) is 10.3. The molecule has 0 unspecified atom stereocenters. The summed E-state index contributed by atoms with van der Waals surface area (Å²) in [7, 11) is 1.30. The molecule has 0 atom stereocenters. The second kappa shape index (κ2) is 8.19. The summed E-state index contributed by atoms with van der Waals surface area (Å²) in [5.74, 6) is -0.873. The van der Waals surface area contributed by atoms with Gasteiger partial charge in [0.2, 0.25) is 5.91 Å². The smallest absolute Gasteiger partial charge is 0.339 e. The topological polar surface area (TPSA) is 55.4 Å². The van der Waals surface area contributed by atoms with Crippen molar-refractivity contribution in [1.29, 1.82) is 0 Å². The Balaban J connectivity index is 2.25. The summed E-state index contributed by atoms with van der Waals surface area (Å²) in [6.07, 6.45) is 1.43. The number of carbonyl (C=O) groups excluding carboxylic acids is 2. The van der Waals surface area contributed by atoms with Crippen molar-refractivity contribution in [2.45, 2.75) is 13.8 Å². The van der Waals surface area contributed by atoms with Crippen LogP contribution in [0.3, 0.4) is 0 Å². The lowest BCUT2D eigenvalue weighted by Gasteiger charge is -2.10. The van der Waals surface area contributed by atoms with Crippen LogP contribution in [0.15, 0.2) is 42.5 Å². The van der Waals surface area contributed by atoms with E-state index in [1.807, 2.05) is 6.92 Å². The summed E-state index contributed by atoms with van der Waals surface area (Å²) >= 11 is 11.9. The average Bonchev–Trinajstić information content (AvgIpc) is 2.58. The fourth-order valence-electron chi connectivity index (χ4n) is 2.24. The molecule has 0 bridgehead atoms. The Bertz CT molecular complexity index is 860. The minimum Gasteiger partial charge on any atom is -0.465 e. The van der Waals surface area contributed by atoms with E-state index < -0.39 is 5.97 Å². The molecule has 0 aliphatic heterocycles. The largest absolute Gasteiger partial charge is 0.465 e. The number of esters is 1. The number of hydrogen-bond donors (Lipinski definition) is 1. The van der Waals surface area contributed by atoms with Gasteiger partial charge in [0.15, 0.2) is 0 Å². The Morgan fingerprint density at radius 3 is 2.44 bits per heavy atom. The molecule has 2 aromatic carbocycles. The lowest BCUT2D eigenvalue weighted by Crippen LogP contribution is -2.13. The third-order valence-corrected chi connectivity index (χ3v) is 4.30. The van der Waals surface area contributed by atoms with Gasteiger partial charge in [-0.1, -0.05) is 40.9 Å². The number of ether oxygens (including phenoxy) is 1. The first-order chi connectivity index (χ1) is 11.8. The number of halogens is 2. The molecule has 0 heterocycles. The fraction of sp³-hybridized carbons (Fsp3) is 0.158. The van der Waals surface area contributed by atoms with Crippen molar-refractivity contribution >= 4 is 46.3 Å². The van der Waals surface area contributed by atoms with Crippen molar-refractivity contribution in [3.63, 3.8) is 0 Å². The first kappa shape index (κ1) is 19.0. The van der Waals surface area contributed by atoms with Crippen LogP contribution in [0.2, 0.25) is 10.0 Å². The maximum absolute atomic E-state index is 12.3. The van der Waals surface area contributed by atoms with Gasteiger partial charge in [-0.05, 0) is 49.2 Å². The van der Waals surface area contributed by atoms with Gasteiger partial charge in [-0.25, -0.2) is 4.79 Å². The van der Waals surface area contributed by atoms with E-state index in [4.69, 9.17) is 27.9 Å². The molecule has 25 heavy (non-hydrogen) atoms. The standard InChI is InChI=1S/C19H17Cl2NO3/c1-11-4-7-17(14(8-11)19(24)25-3)22-18(23)9-12(2)13-5-6-15(20)16(21)10-13/h4-10H,1-3H3,(H,22,23)/b12-9-. The van der Waals surface area contributed by atoms with Crippen molar-refractivity contribution in [2.75, 3.05) is 12.4 Å². The maximum Gasteiger partial charge on any atom is 0.339 e. The molecular weight excluding hydrogens is 361 g/mol. The number of nitrogens with one attached hydrogen (secondary N) is 1. The van der Waals surface area contributed by atoms with E-state index in [1.165, 1.54) is 13.2 Å². The number of methoxy groups -OCH3 is 1. The van der Waals surface area contributed by atoms with Crippen LogP contribution >= 0.6 is 23.2 Å². The molecule has 0 spiro atoms. The molecule has 2 rings (SSSR count). The molecular formula is C19H17Cl2NO3. The van der Waals surface area contributed by atoms with Gasteiger partial charge in [-0.2, -0.15) is 0 Å². The lowest BCUT2D eigenvalue weighted by molar-refractivity contribution is -0.111. The number of aryl methyl sites for hydroxylation is 1. The van der Waals surface area contributed by atoms with Crippen LogP contribution in [-0.2, 0) is 9.53 Å². The molecule has 0 fully saturated rings. The molecule has 1 N–H and O–H groups in total. The molecule has 2 aromatic rings. The third kappa shape index (κ3) is 4.84. The van der Waals surface area contributed by atoms with Crippen molar-refractivity contribution in [2.24, 2.45) is 0 Å². The zero-order valence-corrected chi connectivity index (χ0v) is 15.5. The molecule has 0 saturated carbocycles. The second-order valence-electron chi connectivity index (χ2n) is 5.49. The van der Waals surface area contributed by atoms with Gasteiger partial charge in [0.1, 0.15) is 0 Å². The van der Waals surface area contributed by atoms with Crippen LogP contribution in [0.5, 0.6) is 0 Å². The van der Waals surface area contributed by atoms with Crippen LogP contribution in [0.4, 0.5) is 5.69 Å². The Morgan fingerprint density at radius 1 is 1.08 bits per heavy atom. The minimum atomic E-state index is -0.510. The molecule has 6 heteroatoms.